The monoisotopic (exact) mass is 172 g/mol. The second kappa shape index (κ2) is 3.34. The second-order valence-corrected chi connectivity index (χ2v) is 2.33. The normalized spacial score (nSPS) is 22.2. The molecule has 0 aliphatic carbocycles. The van der Waals surface area contributed by atoms with Crippen LogP contribution in [0.2, 0.25) is 0 Å². The van der Waals surface area contributed by atoms with Gasteiger partial charge in [-0.3, -0.25) is 9.59 Å². The van der Waals surface area contributed by atoms with Gasteiger partial charge in [-0.15, -0.1) is 0 Å². The van der Waals surface area contributed by atoms with Crippen LogP contribution in [0.4, 0.5) is 0 Å². The minimum Gasteiger partial charge on any atom is -0.450 e. The lowest BCUT2D eigenvalue weighted by Crippen LogP contribution is -2.21. The van der Waals surface area contributed by atoms with Crippen molar-refractivity contribution >= 4 is 17.9 Å². The summed E-state index contributed by atoms with van der Waals surface area (Å²) in [6, 6.07) is 0. The summed E-state index contributed by atoms with van der Waals surface area (Å²) in [5.41, 5.74) is 0. The highest BCUT2D eigenvalue weighted by atomic mass is 16.6. The molecule has 0 amide bonds. The van der Waals surface area contributed by atoms with Crippen LogP contribution in [0.3, 0.4) is 0 Å². The van der Waals surface area contributed by atoms with Crippen LogP contribution in [0.25, 0.3) is 0 Å². The predicted molar refractivity (Wildman–Crippen MR) is 35.9 cm³/mol. The molecule has 0 bridgehead atoms. The van der Waals surface area contributed by atoms with Gasteiger partial charge in [0.15, 0.2) is 0 Å². The third kappa shape index (κ3) is 1.81. The molecular weight excluding hydrogens is 164 g/mol. The van der Waals surface area contributed by atoms with Crippen LogP contribution in [-0.4, -0.2) is 24.0 Å². The molecule has 0 aromatic heterocycles. The van der Waals surface area contributed by atoms with Crippen molar-refractivity contribution in [1.82, 2.24) is 0 Å². The molecule has 5 heteroatoms. The summed E-state index contributed by atoms with van der Waals surface area (Å²) in [5, 5.41) is 0. The van der Waals surface area contributed by atoms with Crippen molar-refractivity contribution in [3.8, 4) is 0 Å². The van der Waals surface area contributed by atoms with Crippen LogP contribution >= 0.6 is 0 Å². The fraction of sp³-hybridized carbons (Fsp3) is 0.571. The Morgan fingerprint density at radius 3 is 2.75 bits per heavy atom. The van der Waals surface area contributed by atoms with Gasteiger partial charge in [-0.05, 0) is 0 Å². The Labute approximate surface area is 68.6 Å². The summed E-state index contributed by atoms with van der Waals surface area (Å²) in [7, 11) is 0. The maximum Gasteiger partial charge on any atom is 0.355 e. The van der Waals surface area contributed by atoms with Crippen LogP contribution in [-0.2, 0) is 23.9 Å². The summed E-state index contributed by atoms with van der Waals surface area (Å²) in [6.07, 6.45) is -1.01. The van der Waals surface area contributed by atoms with Crippen molar-refractivity contribution in [2.24, 2.45) is 0 Å². The Morgan fingerprint density at radius 2 is 2.33 bits per heavy atom. The third-order valence-corrected chi connectivity index (χ3v) is 1.39. The van der Waals surface area contributed by atoms with E-state index in [4.69, 9.17) is 0 Å². The van der Waals surface area contributed by atoms with Crippen LogP contribution in [0, 0.1) is 0 Å². The zero-order valence-corrected chi connectivity index (χ0v) is 6.53. The summed E-state index contributed by atoms with van der Waals surface area (Å²) < 4.78 is 8.77. The molecule has 1 saturated heterocycles. The first kappa shape index (κ1) is 8.70. The zero-order chi connectivity index (χ0) is 9.14. The van der Waals surface area contributed by atoms with E-state index in [2.05, 4.69) is 9.47 Å². The Morgan fingerprint density at radius 1 is 1.67 bits per heavy atom. The molecule has 1 aliphatic heterocycles. The van der Waals surface area contributed by atoms with Crippen LogP contribution < -0.4 is 0 Å². The minimum absolute atomic E-state index is 0.162. The predicted octanol–water partition coefficient (Wildman–Crippen LogP) is -0.218. The lowest BCUT2D eigenvalue weighted by molar-refractivity contribution is -0.162. The maximum absolute atomic E-state index is 10.7. The van der Waals surface area contributed by atoms with Crippen molar-refractivity contribution in [3.63, 3.8) is 0 Å². The lowest BCUT2D eigenvalue weighted by atomic mass is 10.3. The molecule has 0 saturated carbocycles. The first-order valence-electron chi connectivity index (χ1n) is 3.57. The summed E-state index contributed by atoms with van der Waals surface area (Å²) >= 11 is 0. The molecule has 5 nitrogen and oxygen atoms in total. The Bertz CT molecular complexity index is 232. The molecule has 1 heterocycles. The Balaban J connectivity index is 2.48. The van der Waals surface area contributed by atoms with Crippen LogP contribution in [0.5, 0.6) is 0 Å². The van der Waals surface area contributed by atoms with Gasteiger partial charge in [0.1, 0.15) is 0 Å². The highest BCUT2D eigenvalue weighted by molar-refractivity contribution is 5.97. The molecule has 66 valence electrons. The van der Waals surface area contributed by atoms with Gasteiger partial charge in [0.05, 0.1) is 6.42 Å². The van der Waals surface area contributed by atoms with E-state index in [0.717, 1.165) is 0 Å². The van der Waals surface area contributed by atoms with Gasteiger partial charge >= 0.3 is 17.9 Å². The molecule has 0 aromatic carbocycles. The molecular formula is C7H8O5. The van der Waals surface area contributed by atoms with E-state index < -0.39 is 24.0 Å². The van der Waals surface area contributed by atoms with E-state index >= 15 is 0 Å². The van der Waals surface area contributed by atoms with Crippen molar-refractivity contribution < 1.29 is 23.9 Å². The van der Waals surface area contributed by atoms with Gasteiger partial charge in [-0.1, -0.05) is 6.92 Å². The minimum atomic E-state index is -1.02. The third-order valence-electron chi connectivity index (χ3n) is 1.39. The first-order valence-corrected chi connectivity index (χ1v) is 3.57. The number of rotatable bonds is 2. The molecule has 1 atom stereocenters. The smallest absolute Gasteiger partial charge is 0.355 e. The summed E-state index contributed by atoms with van der Waals surface area (Å²) in [6.45, 7) is 1.60. The molecule has 0 spiro atoms. The standard InChI is InChI=1S/C7H8O5/c1-2-5(8)11-4-3-6(9)12-7(4)10/h4H,2-3H2,1H3. The molecule has 1 unspecified atom stereocenters. The van der Waals surface area contributed by atoms with E-state index in [0.29, 0.717) is 0 Å². The number of hydrogen-bond acceptors (Lipinski definition) is 5. The van der Waals surface area contributed by atoms with Crippen molar-refractivity contribution in [2.75, 3.05) is 0 Å². The number of ether oxygens (including phenoxy) is 2. The Hall–Kier alpha value is -1.39. The van der Waals surface area contributed by atoms with Crippen molar-refractivity contribution in [1.29, 1.82) is 0 Å². The summed E-state index contributed by atoms with van der Waals surface area (Å²) in [5.74, 6) is -1.93. The van der Waals surface area contributed by atoms with Crippen LogP contribution in [0.1, 0.15) is 19.8 Å². The number of carbonyl (C=O) groups is 3. The molecule has 12 heavy (non-hydrogen) atoms. The Kier molecular flexibility index (Phi) is 2.42. The average Bonchev–Trinajstić information content (AvgIpc) is 2.30. The number of esters is 3. The maximum atomic E-state index is 10.7. The number of hydrogen-bond donors (Lipinski definition) is 0. The van der Waals surface area contributed by atoms with Crippen molar-refractivity contribution in [2.45, 2.75) is 25.9 Å². The van der Waals surface area contributed by atoms with Gasteiger partial charge < -0.3 is 9.47 Å². The van der Waals surface area contributed by atoms with E-state index in [1.807, 2.05) is 0 Å². The van der Waals surface area contributed by atoms with Crippen molar-refractivity contribution in [3.05, 3.63) is 0 Å². The molecule has 1 fully saturated rings. The first-order chi connectivity index (χ1) is 5.63. The van der Waals surface area contributed by atoms with Gasteiger partial charge in [0.25, 0.3) is 0 Å². The quantitative estimate of drug-likeness (QED) is 0.425. The fourth-order valence-corrected chi connectivity index (χ4v) is 0.786. The largest absolute Gasteiger partial charge is 0.450 e. The molecule has 0 N–H and O–H groups in total. The summed E-state index contributed by atoms with van der Waals surface area (Å²) in [4.78, 5) is 31.9. The molecule has 1 aliphatic rings. The van der Waals surface area contributed by atoms with E-state index in [1.54, 1.807) is 6.92 Å². The highest BCUT2D eigenvalue weighted by Gasteiger charge is 2.36. The van der Waals surface area contributed by atoms with Crippen LogP contribution in [0.15, 0.2) is 0 Å². The van der Waals surface area contributed by atoms with Gasteiger partial charge in [0.2, 0.25) is 6.10 Å². The van der Waals surface area contributed by atoms with Gasteiger partial charge in [-0.25, -0.2) is 4.79 Å². The van der Waals surface area contributed by atoms with Gasteiger partial charge in [-0.2, -0.15) is 0 Å². The van der Waals surface area contributed by atoms with E-state index in [1.165, 1.54) is 0 Å². The molecule has 0 radical (unpaired) electrons. The topological polar surface area (TPSA) is 69.7 Å². The van der Waals surface area contributed by atoms with E-state index in [9.17, 15) is 14.4 Å². The number of cyclic esters (lactones) is 2. The molecule has 0 aromatic rings. The average molecular weight is 172 g/mol. The SMILES string of the molecule is CCC(=O)OC1CC(=O)OC1=O. The zero-order valence-electron chi connectivity index (χ0n) is 6.53. The second-order valence-electron chi connectivity index (χ2n) is 2.33. The van der Waals surface area contributed by atoms with E-state index in [-0.39, 0.29) is 12.8 Å². The fourth-order valence-electron chi connectivity index (χ4n) is 0.786. The highest BCUT2D eigenvalue weighted by Crippen LogP contribution is 2.12. The number of carbonyl (C=O) groups excluding carboxylic acids is 3. The lowest BCUT2D eigenvalue weighted by Gasteiger charge is -2.04. The van der Waals surface area contributed by atoms with Gasteiger partial charge in [0, 0.05) is 6.42 Å². The molecule has 1 rings (SSSR count).